The van der Waals surface area contributed by atoms with E-state index in [-0.39, 0.29) is 0 Å². The number of benzene rings is 2. The van der Waals surface area contributed by atoms with Crippen molar-refractivity contribution in [3.8, 4) is 0 Å². The van der Waals surface area contributed by atoms with Crippen LogP contribution in [0.25, 0.3) is 11.6 Å². The predicted octanol–water partition coefficient (Wildman–Crippen LogP) is 9.05. The zero-order valence-electron chi connectivity index (χ0n) is 18.9. The smallest absolute Gasteiger partial charge is 0.0162 e. The van der Waals surface area contributed by atoms with Crippen molar-refractivity contribution >= 4 is 11.6 Å². The molecule has 0 heterocycles. The highest BCUT2D eigenvalue weighted by atomic mass is 14.3. The molecule has 29 heavy (non-hydrogen) atoms. The summed E-state index contributed by atoms with van der Waals surface area (Å²) in [6.07, 6.45) is 15.8. The monoisotopic (exact) mass is 388 g/mol. The zero-order valence-corrected chi connectivity index (χ0v) is 18.9. The summed E-state index contributed by atoms with van der Waals surface area (Å²) in [4.78, 5) is 0. The van der Waals surface area contributed by atoms with Crippen molar-refractivity contribution in [1.82, 2.24) is 0 Å². The molecule has 0 aliphatic heterocycles. The SMILES string of the molecule is CCCCCc1ccc(C(C)=Cc2ccc(C3CCC(CCC)CC3)cc2)cc1. The van der Waals surface area contributed by atoms with E-state index in [1.54, 1.807) is 5.56 Å². The molecule has 0 amide bonds. The molecule has 0 atom stereocenters. The number of allylic oxidation sites excluding steroid dienone is 1. The topological polar surface area (TPSA) is 0 Å². The van der Waals surface area contributed by atoms with Gasteiger partial charge in [-0.25, -0.2) is 0 Å². The van der Waals surface area contributed by atoms with Gasteiger partial charge in [0.15, 0.2) is 0 Å². The Balaban J connectivity index is 1.57. The third-order valence-corrected chi connectivity index (χ3v) is 6.81. The normalized spacial score (nSPS) is 20.0. The van der Waals surface area contributed by atoms with Crippen LogP contribution in [0.1, 0.15) is 107 Å². The van der Waals surface area contributed by atoms with Crippen LogP contribution in [0, 0.1) is 5.92 Å². The Morgan fingerprint density at radius 3 is 2.14 bits per heavy atom. The summed E-state index contributed by atoms with van der Waals surface area (Å²) in [5.74, 6) is 1.77. The van der Waals surface area contributed by atoms with Gasteiger partial charge in [0, 0.05) is 0 Å². The lowest BCUT2D eigenvalue weighted by atomic mass is 9.77. The fourth-order valence-electron chi connectivity index (χ4n) is 4.90. The second kappa shape index (κ2) is 11.4. The van der Waals surface area contributed by atoms with Crippen LogP contribution in [0.4, 0.5) is 0 Å². The maximum atomic E-state index is 2.38. The van der Waals surface area contributed by atoms with Gasteiger partial charge in [-0.3, -0.25) is 0 Å². The minimum atomic E-state index is 0.780. The Labute approximate surface area is 179 Å². The van der Waals surface area contributed by atoms with Crippen LogP contribution < -0.4 is 0 Å². The van der Waals surface area contributed by atoms with Gasteiger partial charge in [0.25, 0.3) is 0 Å². The lowest BCUT2D eigenvalue weighted by molar-refractivity contribution is 0.308. The molecule has 1 fully saturated rings. The van der Waals surface area contributed by atoms with Gasteiger partial charge in [-0.1, -0.05) is 94.1 Å². The summed E-state index contributed by atoms with van der Waals surface area (Å²) in [5, 5.41) is 0. The van der Waals surface area contributed by atoms with Gasteiger partial charge in [-0.15, -0.1) is 0 Å². The molecule has 0 bridgehead atoms. The molecular weight excluding hydrogens is 348 g/mol. The number of hydrogen-bond acceptors (Lipinski definition) is 0. The van der Waals surface area contributed by atoms with E-state index < -0.39 is 0 Å². The fourth-order valence-corrected chi connectivity index (χ4v) is 4.90. The molecule has 156 valence electrons. The summed E-state index contributed by atoms with van der Waals surface area (Å²) in [6.45, 7) is 6.82. The molecule has 0 aromatic heterocycles. The Morgan fingerprint density at radius 2 is 1.52 bits per heavy atom. The predicted molar refractivity (Wildman–Crippen MR) is 129 cm³/mol. The van der Waals surface area contributed by atoms with Crippen LogP contribution in [0.2, 0.25) is 0 Å². The van der Waals surface area contributed by atoms with E-state index in [0.29, 0.717) is 0 Å². The zero-order chi connectivity index (χ0) is 20.5. The Hall–Kier alpha value is -1.82. The molecular formula is C29H40. The Kier molecular flexibility index (Phi) is 8.59. The van der Waals surface area contributed by atoms with Crippen LogP contribution in [0.15, 0.2) is 48.5 Å². The minimum Gasteiger partial charge on any atom is -0.0654 e. The van der Waals surface area contributed by atoms with Gasteiger partial charge < -0.3 is 0 Å². The van der Waals surface area contributed by atoms with E-state index in [9.17, 15) is 0 Å². The Morgan fingerprint density at radius 1 is 0.828 bits per heavy atom. The number of rotatable bonds is 9. The highest BCUT2D eigenvalue weighted by molar-refractivity contribution is 5.80. The molecule has 0 heteroatoms. The molecule has 0 nitrogen and oxygen atoms in total. The van der Waals surface area contributed by atoms with E-state index in [1.165, 1.54) is 86.5 Å². The van der Waals surface area contributed by atoms with Crippen molar-refractivity contribution in [3.05, 3.63) is 70.8 Å². The summed E-state index contributed by atoms with van der Waals surface area (Å²) in [5.41, 5.74) is 7.01. The van der Waals surface area contributed by atoms with Crippen molar-refractivity contribution in [2.45, 2.75) is 90.9 Å². The lowest BCUT2D eigenvalue weighted by Crippen LogP contribution is -2.13. The van der Waals surface area contributed by atoms with Crippen molar-refractivity contribution in [2.75, 3.05) is 0 Å². The standard InChI is InChI=1S/C29H40/c1-4-6-7-9-25-10-16-27(17-11-25)23(3)22-26-14-20-29(21-15-26)28-18-12-24(8-5-2)13-19-28/h10-11,14-17,20-22,24,28H,4-9,12-13,18-19H2,1-3H3. The first-order valence-electron chi connectivity index (χ1n) is 12.1. The molecule has 0 unspecified atom stereocenters. The highest BCUT2D eigenvalue weighted by Crippen LogP contribution is 2.37. The first kappa shape index (κ1) is 21.9. The van der Waals surface area contributed by atoms with Crippen LogP contribution in [-0.2, 0) is 6.42 Å². The molecule has 0 radical (unpaired) electrons. The second-order valence-electron chi connectivity index (χ2n) is 9.15. The van der Waals surface area contributed by atoms with Crippen molar-refractivity contribution in [1.29, 1.82) is 0 Å². The molecule has 1 aliphatic carbocycles. The second-order valence-corrected chi connectivity index (χ2v) is 9.15. The number of unbranched alkanes of at least 4 members (excludes halogenated alkanes) is 2. The summed E-state index contributed by atoms with van der Waals surface area (Å²) in [7, 11) is 0. The molecule has 3 rings (SSSR count). The first-order valence-corrected chi connectivity index (χ1v) is 12.1. The summed E-state index contributed by atoms with van der Waals surface area (Å²) in [6, 6.07) is 18.6. The van der Waals surface area contributed by atoms with Gasteiger partial charge >= 0.3 is 0 Å². The maximum Gasteiger partial charge on any atom is -0.0162 e. The molecule has 0 spiro atoms. The molecule has 2 aromatic rings. The molecule has 2 aromatic carbocycles. The number of aryl methyl sites for hydroxylation is 1. The van der Waals surface area contributed by atoms with Crippen molar-refractivity contribution in [3.63, 3.8) is 0 Å². The van der Waals surface area contributed by atoms with Crippen LogP contribution in [0.3, 0.4) is 0 Å². The van der Waals surface area contributed by atoms with E-state index in [4.69, 9.17) is 0 Å². The maximum absolute atomic E-state index is 2.38. The average Bonchev–Trinajstić information content (AvgIpc) is 2.76. The largest absolute Gasteiger partial charge is 0.0654 e. The average molecular weight is 389 g/mol. The van der Waals surface area contributed by atoms with Gasteiger partial charge in [-0.2, -0.15) is 0 Å². The third kappa shape index (κ3) is 6.59. The summed E-state index contributed by atoms with van der Waals surface area (Å²) >= 11 is 0. The van der Waals surface area contributed by atoms with Gasteiger partial charge in [0.2, 0.25) is 0 Å². The van der Waals surface area contributed by atoms with E-state index in [0.717, 1.165) is 11.8 Å². The van der Waals surface area contributed by atoms with Crippen LogP contribution in [0.5, 0.6) is 0 Å². The van der Waals surface area contributed by atoms with Gasteiger partial charge in [0.1, 0.15) is 0 Å². The summed E-state index contributed by atoms with van der Waals surface area (Å²) < 4.78 is 0. The molecule has 0 N–H and O–H groups in total. The first-order chi connectivity index (χ1) is 14.2. The van der Waals surface area contributed by atoms with Gasteiger partial charge in [0.05, 0.1) is 0 Å². The van der Waals surface area contributed by atoms with Crippen LogP contribution >= 0.6 is 0 Å². The van der Waals surface area contributed by atoms with Gasteiger partial charge in [-0.05, 0) is 85.1 Å². The lowest BCUT2D eigenvalue weighted by Gasteiger charge is -2.28. The van der Waals surface area contributed by atoms with Crippen molar-refractivity contribution < 1.29 is 0 Å². The quantitative estimate of drug-likeness (QED) is 0.297. The van der Waals surface area contributed by atoms with E-state index >= 15 is 0 Å². The molecule has 0 saturated heterocycles. The van der Waals surface area contributed by atoms with Crippen LogP contribution in [-0.4, -0.2) is 0 Å². The number of hydrogen-bond donors (Lipinski definition) is 0. The fraction of sp³-hybridized carbons (Fsp3) is 0.517. The Bertz CT molecular complexity index is 740. The van der Waals surface area contributed by atoms with Crippen molar-refractivity contribution in [2.24, 2.45) is 5.92 Å². The van der Waals surface area contributed by atoms with E-state index in [1.807, 2.05) is 0 Å². The molecule has 1 saturated carbocycles. The third-order valence-electron chi connectivity index (χ3n) is 6.81. The minimum absolute atomic E-state index is 0.780. The van der Waals surface area contributed by atoms with E-state index in [2.05, 4.69) is 75.4 Å². The highest BCUT2D eigenvalue weighted by Gasteiger charge is 2.21. The molecule has 1 aliphatic rings.